The van der Waals surface area contributed by atoms with Gasteiger partial charge in [0, 0.05) is 63.8 Å². The molecular weight excluding hydrogens is 400 g/mol. The maximum absolute atomic E-state index is 13.4. The van der Waals surface area contributed by atoms with Gasteiger partial charge in [0.1, 0.15) is 6.07 Å². The van der Waals surface area contributed by atoms with E-state index in [2.05, 4.69) is 16.0 Å². The second kappa shape index (κ2) is 8.97. The molecule has 0 bridgehead atoms. The summed E-state index contributed by atoms with van der Waals surface area (Å²) in [6, 6.07) is 8.41. The van der Waals surface area contributed by atoms with Gasteiger partial charge in [-0.1, -0.05) is 0 Å². The second-order valence-corrected chi connectivity index (χ2v) is 7.34. The number of hydrogen-bond acceptors (Lipinski definition) is 8. The number of carbonyl (C=O) groups excluding carboxylic acids is 1. The van der Waals surface area contributed by atoms with Crippen LogP contribution in [0.1, 0.15) is 15.9 Å². The van der Waals surface area contributed by atoms with Gasteiger partial charge < -0.3 is 19.4 Å². The fourth-order valence-corrected chi connectivity index (χ4v) is 3.96. The van der Waals surface area contributed by atoms with Crippen LogP contribution in [0.5, 0.6) is 0 Å². The van der Waals surface area contributed by atoms with Gasteiger partial charge >= 0.3 is 0 Å². The van der Waals surface area contributed by atoms with Crippen molar-refractivity contribution in [3.8, 4) is 6.07 Å². The zero-order valence-corrected chi connectivity index (χ0v) is 16.9. The largest absolute Gasteiger partial charge is 0.378 e. The van der Waals surface area contributed by atoms with Gasteiger partial charge in [0.05, 0.1) is 40.6 Å². The van der Waals surface area contributed by atoms with E-state index in [9.17, 15) is 20.2 Å². The van der Waals surface area contributed by atoms with Gasteiger partial charge in [-0.2, -0.15) is 5.26 Å². The molecule has 2 aliphatic rings. The highest BCUT2D eigenvalue weighted by molar-refractivity contribution is 6.00. The number of amides is 1. The van der Waals surface area contributed by atoms with E-state index in [1.165, 1.54) is 18.3 Å². The number of nitrogens with zero attached hydrogens (tertiary/aromatic N) is 6. The molecule has 10 nitrogen and oxygen atoms in total. The van der Waals surface area contributed by atoms with Crippen LogP contribution in [0.4, 0.5) is 17.1 Å². The predicted octanol–water partition coefficient (Wildman–Crippen LogP) is 1.66. The van der Waals surface area contributed by atoms with E-state index in [0.717, 1.165) is 5.69 Å². The third kappa shape index (κ3) is 4.27. The monoisotopic (exact) mass is 422 g/mol. The highest BCUT2D eigenvalue weighted by atomic mass is 16.6. The van der Waals surface area contributed by atoms with Crippen LogP contribution in [0.2, 0.25) is 0 Å². The number of nitro groups is 1. The molecule has 4 rings (SSSR count). The molecule has 0 atom stereocenters. The van der Waals surface area contributed by atoms with E-state index in [-0.39, 0.29) is 11.6 Å². The van der Waals surface area contributed by atoms with Crippen LogP contribution in [0.15, 0.2) is 36.7 Å². The van der Waals surface area contributed by atoms with Crippen molar-refractivity contribution in [1.29, 1.82) is 5.26 Å². The number of morpholine rings is 1. The lowest BCUT2D eigenvalue weighted by Crippen LogP contribution is -2.49. The fraction of sp³-hybridized carbons (Fsp3) is 0.381. The summed E-state index contributed by atoms with van der Waals surface area (Å²) in [5.41, 5.74) is 2.23. The number of non-ortho nitro benzene ring substituents is 1. The molecular formula is C21H22N6O4. The predicted molar refractivity (Wildman–Crippen MR) is 113 cm³/mol. The Morgan fingerprint density at radius 1 is 1.06 bits per heavy atom. The van der Waals surface area contributed by atoms with Gasteiger partial charge in [0.25, 0.3) is 11.6 Å². The molecule has 2 aromatic rings. The zero-order valence-electron chi connectivity index (χ0n) is 16.9. The molecule has 0 radical (unpaired) electrons. The number of carbonyl (C=O) groups is 1. The summed E-state index contributed by atoms with van der Waals surface area (Å²) in [6.07, 6.45) is 3.18. The SMILES string of the molecule is N#Cc1cnccc1N1CCN(C(=O)c2cc([N+](=O)[O-])ccc2N2CCOCC2)CC1. The van der Waals surface area contributed by atoms with Crippen molar-refractivity contribution >= 4 is 23.0 Å². The standard InChI is InChI=1S/C21H22N6O4/c22-14-16-15-23-4-3-19(16)24-5-7-26(8-6-24)21(28)18-13-17(27(29)30)1-2-20(18)25-9-11-31-12-10-25/h1-4,13,15H,5-12H2. The minimum Gasteiger partial charge on any atom is -0.378 e. The van der Waals surface area contributed by atoms with Gasteiger partial charge in [-0.25, -0.2) is 0 Å². The molecule has 0 aliphatic carbocycles. The Morgan fingerprint density at radius 2 is 1.77 bits per heavy atom. The van der Waals surface area contributed by atoms with E-state index in [1.807, 2.05) is 4.90 Å². The lowest BCUT2D eigenvalue weighted by Gasteiger charge is -2.37. The van der Waals surface area contributed by atoms with E-state index in [1.54, 1.807) is 23.2 Å². The molecule has 1 amide bonds. The summed E-state index contributed by atoms with van der Waals surface area (Å²) < 4.78 is 5.39. The Labute approximate surface area is 179 Å². The first-order chi connectivity index (χ1) is 15.1. The summed E-state index contributed by atoms with van der Waals surface area (Å²) in [5.74, 6) is -0.222. The van der Waals surface area contributed by atoms with Crippen LogP contribution in [0, 0.1) is 21.4 Å². The zero-order chi connectivity index (χ0) is 21.8. The van der Waals surface area contributed by atoms with E-state index in [4.69, 9.17) is 4.74 Å². The number of nitriles is 1. The van der Waals surface area contributed by atoms with Crippen molar-refractivity contribution in [1.82, 2.24) is 9.88 Å². The topological polar surface area (TPSA) is 116 Å². The Balaban J connectivity index is 1.55. The summed E-state index contributed by atoms with van der Waals surface area (Å²) in [7, 11) is 0. The van der Waals surface area contributed by atoms with Gasteiger partial charge in [-0.3, -0.25) is 19.9 Å². The number of aromatic nitrogens is 1. The number of nitro benzene ring substituents is 1. The molecule has 31 heavy (non-hydrogen) atoms. The molecule has 1 aromatic carbocycles. The first kappa shape index (κ1) is 20.6. The van der Waals surface area contributed by atoms with Gasteiger partial charge in [0.15, 0.2) is 0 Å². The molecule has 0 N–H and O–H groups in total. The molecule has 10 heteroatoms. The maximum atomic E-state index is 13.4. The quantitative estimate of drug-likeness (QED) is 0.540. The summed E-state index contributed by atoms with van der Waals surface area (Å²) in [4.78, 5) is 34.0. The third-order valence-corrected chi connectivity index (χ3v) is 5.60. The van der Waals surface area contributed by atoms with Crippen LogP contribution >= 0.6 is 0 Å². The van der Waals surface area contributed by atoms with Crippen molar-refractivity contribution in [3.05, 3.63) is 57.9 Å². The fourth-order valence-electron chi connectivity index (χ4n) is 3.96. The molecule has 0 saturated carbocycles. The van der Waals surface area contributed by atoms with Crippen LogP contribution < -0.4 is 9.80 Å². The minimum absolute atomic E-state index is 0.102. The Hall–Kier alpha value is -3.71. The summed E-state index contributed by atoms with van der Waals surface area (Å²) in [6.45, 7) is 4.40. The lowest BCUT2D eigenvalue weighted by molar-refractivity contribution is -0.384. The average Bonchev–Trinajstić information content (AvgIpc) is 2.83. The molecule has 0 spiro atoms. The number of anilines is 2. The normalized spacial score (nSPS) is 16.7. The Morgan fingerprint density at radius 3 is 2.45 bits per heavy atom. The highest BCUT2D eigenvalue weighted by Crippen LogP contribution is 2.28. The highest BCUT2D eigenvalue weighted by Gasteiger charge is 2.28. The number of hydrogen-bond donors (Lipinski definition) is 0. The number of ether oxygens (including phenoxy) is 1. The van der Waals surface area contributed by atoms with Crippen LogP contribution in [-0.4, -0.2) is 73.2 Å². The molecule has 2 aliphatic heterocycles. The summed E-state index contributed by atoms with van der Waals surface area (Å²) in [5, 5.41) is 20.6. The average molecular weight is 422 g/mol. The van der Waals surface area contributed by atoms with E-state index >= 15 is 0 Å². The number of rotatable bonds is 4. The molecule has 160 valence electrons. The van der Waals surface area contributed by atoms with E-state index in [0.29, 0.717) is 69.3 Å². The number of piperazine rings is 1. The van der Waals surface area contributed by atoms with Crippen molar-refractivity contribution in [2.45, 2.75) is 0 Å². The number of benzene rings is 1. The van der Waals surface area contributed by atoms with Gasteiger partial charge in [0.2, 0.25) is 0 Å². The molecule has 3 heterocycles. The minimum atomic E-state index is -0.481. The van der Waals surface area contributed by atoms with Crippen LogP contribution in [0.3, 0.4) is 0 Å². The molecule has 2 fully saturated rings. The number of pyridine rings is 1. The smallest absolute Gasteiger partial charge is 0.270 e. The van der Waals surface area contributed by atoms with Crippen molar-refractivity contribution < 1.29 is 14.5 Å². The molecule has 0 unspecified atom stereocenters. The summed E-state index contributed by atoms with van der Waals surface area (Å²) >= 11 is 0. The van der Waals surface area contributed by atoms with Gasteiger partial charge in [-0.15, -0.1) is 0 Å². The van der Waals surface area contributed by atoms with Crippen LogP contribution in [-0.2, 0) is 4.74 Å². The van der Waals surface area contributed by atoms with E-state index < -0.39 is 4.92 Å². The first-order valence-electron chi connectivity index (χ1n) is 10.1. The third-order valence-electron chi connectivity index (χ3n) is 5.60. The Kier molecular flexibility index (Phi) is 5.95. The van der Waals surface area contributed by atoms with Crippen molar-refractivity contribution in [2.24, 2.45) is 0 Å². The van der Waals surface area contributed by atoms with Crippen molar-refractivity contribution in [2.75, 3.05) is 62.3 Å². The van der Waals surface area contributed by atoms with Crippen molar-refractivity contribution in [3.63, 3.8) is 0 Å². The lowest BCUT2D eigenvalue weighted by atomic mass is 10.1. The molecule has 2 saturated heterocycles. The first-order valence-corrected chi connectivity index (χ1v) is 10.1. The maximum Gasteiger partial charge on any atom is 0.270 e. The Bertz CT molecular complexity index is 1020. The van der Waals surface area contributed by atoms with Crippen LogP contribution in [0.25, 0.3) is 0 Å². The molecule has 1 aromatic heterocycles. The second-order valence-electron chi connectivity index (χ2n) is 7.34. The van der Waals surface area contributed by atoms with Gasteiger partial charge in [-0.05, 0) is 12.1 Å².